The molecule has 0 unspecified atom stereocenters. The normalized spacial score (nSPS) is 11.6. The fourth-order valence-electron chi connectivity index (χ4n) is 1.06. The van der Waals surface area contributed by atoms with Crippen molar-refractivity contribution >= 4 is 0 Å². The van der Waals surface area contributed by atoms with E-state index < -0.39 is 24.7 Å². The maximum absolute atomic E-state index is 13.0. The quantitative estimate of drug-likeness (QED) is 0.612. The van der Waals surface area contributed by atoms with Gasteiger partial charge < -0.3 is 15.6 Å². The number of aromatic nitrogens is 1. The van der Waals surface area contributed by atoms with Crippen LogP contribution in [-0.4, -0.2) is 16.5 Å². The SMILES string of the molecule is NCc1cc(OC(F)(F)F)c(F)nc1CO. The van der Waals surface area contributed by atoms with Gasteiger partial charge in [0.05, 0.1) is 12.3 Å². The van der Waals surface area contributed by atoms with Crippen LogP contribution in [0.25, 0.3) is 0 Å². The Morgan fingerprint density at radius 1 is 1.44 bits per heavy atom. The van der Waals surface area contributed by atoms with Gasteiger partial charge in [-0.15, -0.1) is 13.2 Å². The lowest BCUT2D eigenvalue weighted by Gasteiger charge is -2.12. The van der Waals surface area contributed by atoms with Gasteiger partial charge in [-0.1, -0.05) is 0 Å². The number of nitrogens with zero attached hydrogens (tertiary/aromatic N) is 1. The molecule has 0 aliphatic heterocycles. The van der Waals surface area contributed by atoms with Crippen molar-refractivity contribution < 1.29 is 27.4 Å². The predicted molar refractivity (Wildman–Crippen MR) is 44.7 cm³/mol. The molecule has 16 heavy (non-hydrogen) atoms. The van der Waals surface area contributed by atoms with Gasteiger partial charge in [0.1, 0.15) is 0 Å². The molecule has 4 nitrogen and oxygen atoms in total. The lowest BCUT2D eigenvalue weighted by molar-refractivity contribution is -0.275. The average molecular weight is 240 g/mol. The van der Waals surface area contributed by atoms with E-state index in [0.717, 1.165) is 6.07 Å². The molecule has 0 aliphatic rings. The summed E-state index contributed by atoms with van der Waals surface area (Å²) in [5, 5.41) is 8.75. The van der Waals surface area contributed by atoms with Gasteiger partial charge in [-0.3, -0.25) is 0 Å². The van der Waals surface area contributed by atoms with Gasteiger partial charge in [0.25, 0.3) is 5.95 Å². The van der Waals surface area contributed by atoms with E-state index in [1.54, 1.807) is 0 Å². The van der Waals surface area contributed by atoms with Crippen molar-refractivity contribution in [3.05, 3.63) is 23.3 Å². The maximum atomic E-state index is 13.0. The molecular formula is C8H8F4N2O2. The van der Waals surface area contributed by atoms with Gasteiger partial charge in [-0.2, -0.15) is 4.39 Å². The molecule has 1 rings (SSSR count). The number of halogens is 4. The third-order valence-electron chi connectivity index (χ3n) is 1.71. The molecule has 90 valence electrons. The molecule has 0 saturated heterocycles. The van der Waals surface area contributed by atoms with Crippen molar-refractivity contribution in [2.24, 2.45) is 5.73 Å². The van der Waals surface area contributed by atoms with Crippen LogP contribution in [0.1, 0.15) is 11.3 Å². The summed E-state index contributed by atoms with van der Waals surface area (Å²) >= 11 is 0. The number of nitrogens with two attached hydrogens (primary N) is 1. The zero-order valence-electron chi connectivity index (χ0n) is 7.88. The van der Waals surface area contributed by atoms with Crippen molar-refractivity contribution in [1.82, 2.24) is 4.98 Å². The fraction of sp³-hybridized carbons (Fsp3) is 0.375. The minimum absolute atomic E-state index is 0.0863. The number of hydrogen-bond donors (Lipinski definition) is 2. The number of aliphatic hydroxyl groups is 1. The van der Waals surface area contributed by atoms with E-state index in [1.807, 2.05) is 0 Å². The van der Waals surface area contributed by atoms with E-state index >= 15 is 0 Å². The molecule has 0 aromatic carbocycles. The van der Waals surface area contributed by atoms with Crippen LogP contribution in [0.5, 0.6) is 5.75 Å². The van der Waals surface area contributed by atoms with Gasteiger partial charge in [-0.25, -0.2) is 4.98 Å². The second-order valence-electron chi connectivity index (χ2n) is 2.79. The van der Waals surface area contributed by atoms with Crippen molar-refractivity contribution in [2.75, 3.05) is 0 Å². The summed E-state index contributed by atoms with van der Waals surface area (Å²) in [4.78, 5) is 3.12. The first-order chi connectivity index (χ1) is 7.37. The molecule has 0 atom stereocenters. The van der Waals surface area contributed by atoms with Crippen LogP contribution < -0.4 is 10.5 Å². The van der Waals surface area contributed by atoms with E-state index in [9.17, 15) is 17.6 Å². The van der Waals surface area contributed by atoms with Gasteiger partial charge in [0.2, 0.25) is 0 Å². The molecule has 0 radical (unpaired) electrons. The van der Waals surface area contributed by atoms with Crippen LogP contribution in [-0.2, 0) is 13.2 Å². The Hall–Kier alpha value is -1.41. The number of ether oxygens (including phenoxy) is 1. The van der Waals surface area contributed by atoms with Crippen molar-refractivity contribution in [3.8, 4) is 5.75 Å². The molecule has 0 aliphatic carbocycles. The van der Waals surface area contributed by atoms with E-state index in [1.165, 1.54) is 0 Å². The number of pyridine rings is 1. The van der Waals surface area contributed by atoms with Crippen molar-refractivity contribution in [3.63, 3.8) is 0 Å². The third kappa shape index (κ3) is 3.04. The molecule has 0 bridgehead atoms. The van der Waals surface area contributed by atoms with Gasteiger partial charge in [-0.05, 0) is 11.6 Å². The highest BCUT2D eigenvalue weighted by molar-refractivity contribution is 5.30. The molecule has 0 saturated carbocycles. The molecule has 0 spiro atoms. The number of hydrogen-bond acceptors (Lipinski definition) is 4. The Morgan fingerprint density at radius 2 is 2.06 bits per heavy atom. The largest absolute Gasteiger partial charge is 0.573 e. The van der Waals surface area contributed by atoms with Crippen LogP contribution >= 0.6 is 0 Å². The van der Waals surface area contributed by atoms with Crippen LogP contribution in [0.15, 0.2) is 6.07 Å². The first kappa shape index (κ1) is 12.7. The van der Waals surface area contributed by atoms with Gasteiger partial charge >= 0.3 is 6.36 Å². The summed E-state index contributed by atoms with van der Waals surface area (Å²) in [6.45, 7) is -0.798. The van der Waals surface area contributed by atoms with Crippen LogP contribution in [0, 0.1) is 5.95 Å². The van der Waals surface area contributed by atoms with E-state index in [2.05, 4.69) is 9.72 Å². The molecule has 0 amide bonds. The Morgan fingerprint density at radius 3 is 2.50 bits per heavy atom. The summed E-state index contributed by atoms with van der Waals surface area (Å²) in [5.41, 5.74) is 5.17. The smallest absolute Gasteiger partial charge is 0.401 e. The maximum Gasteiger partial charge on any atom is 0.573 e. The van der Waals surface area contributed by atoms with E-state index in [-0.39, 0.29) is 17.8 Å². The number of aliphatic hydroxyl groups excluding tert-OH is 1. The Labute approximate surface area is 87.7 Å². The zero-order valence-corrected chi connectivity index (χ0v) is 7.88. The molecule has 1 aromatic heterocycles. The second kappa shape index (κ2) is 4.62. The Kier molecular flexibility index (Phi) is 3.66. The van der Waals surface area contributed by atoms with Gasteiger partial charge in [0, 0.05) is 6.54 Å². The summed E-state index contributed by atoms with van der Waals surface area (Å²) in [6, 6.07) is 0.765. The molecule has 1 heterocycles. The summed E-state index contributed by atoms with van der Waals surface area (Å²) in [6.07, 6.45) is -5.00. The fourth-order valence-corrected chi connectivity index (χ4v) is 1.06. The topological polar surface area (TPSA) is 68.4 Å². The summed E-state index contributed by atoms with van der Waals surface area (Å²) in [7, 11) is 0. The summed E-state index contributed by atoms with van der Waals surface area (Å²) < 4.78 is 51.9. The van der Waals surface area contributed by atoms with Crippen molar-refractivity contribution in [2.45, 2.75) is 19.5 Å². The average Bonchev–Trinajstić information content (AvgIpc) is 2.18. The second-order valence-corrected chi connectivity index (χ2v) is 2.79. The Balaban J connectivity index is 3.11. The molecule has 0 fully saturated rings. The number of rotatable bonds is 3. The standard InChI is InChI=1S/C8H8F4N2O2/c9-7-6(16-8(10,11)12)1-4(2-13)5(3-15)14-7/h1,15H,2-3,13H2. The first-order valence-electron chi connectivity index (χ1n) is 4.12. The van der Waals surface area contributed by atoms with Crippen LogP contribution in [0.2, 0.25) is 0 Å². The highest BCUT2D eigenvalue weighted by Crippen LogP contribution is 2.26. The highest BCUT2D eigenvalue weighted by Gasteiger charge is 2.33. The predicted octanol–water partition coefficient (Wildman–Crippen LogP) is 1.07. The molecule has 1 aromatic rings. The van der Waals surface area contributed by atoms with Crippen LogP contribution in [0.4, 0.5) is 17.6 Å². The lowest BCUT2D eigenvalue weighted by atomic mass is 10.2. The lowest BCUT2D eigenvalue weighted by Crippen LogP contribution is -2.19. The highest BCUT2D eigenvalue weighted by atomic mass is 19.4. The van der Waals surface area contributed by atoms with E-state index in [0.29, 0.717) is 0 Å². The minimum Gasteiger partial charge on any atom is -0.401 e. The molecule has 8 heteroatoms. The monoisotopic (exact) mass is 240 g/mol. The number of alkyl halides is 3. The third-order valence-corrected chi connectivity index (χ3v) is 1.71. The summed E-state index contributed by atoms with van der Waals surface area (Å²) in [5.74, 6) is -2.51. The van der Waals surface area contributed by atoms with E-state index in [4.69, 9.17) is 10.8 Å². The minimum atomic E-state index is -5.00. The zero-order chi connectivity index (χ0) is 12.3. The van der Waals surface area contributed by atoms with Gasteiger partial charge in [0.15, 0.2) is 5.75 Å². The Bertz CT molecular complexity index is 381. The molecule has 3 N–H and O–H groups in total. The first-order valence-corrected chi connectivity index (χ1v) is 4.12. The van der Waals surface area contributed by atoms with Crippen molar-refractivity contribution in [1.29, 1.82) is 0 Å². The molecular weight excluding hydrogens is 232 g/mol. The van der Waals surface area contributed by atoms with Crippen LogP contribution in [0.3, 0.4) is 0 Å².